The number of aliphatic imine (C=N–C) groups is 1. The molecule has 0 spiro atoms. The quantitative estimate of drug-likeness (QED) is 0.552. The minimum atomic E-state index is -3.31. The number of hydrogen-bond acceptors (Lipinski definition) is 5. The Morgan fingerprint density at radius 1 is 1.25 bits per heavy atom. The van der Waals surface area contributed by atoms with Gasteiger partial charge >= 0.3 is 0 Å². The lowest BCUT2D eigenvalue weighted by Crippen LogP contribution is -2.39. The third-order valence-corrected chi connectivity index (χ3v) is 5.03. The summed E-state index contributed by atoms with van der Waals surface area (Å²) in [6.45, 7) is 3.25. The maximum atomic E-state index is 12.2. The maximum absolute atomic E-state index is 12.2. The second kappa shape index (κ2) is 8.44. The molecular weight excluding hydrogens is 328 g/mol. The molecule has 0 aliphatic heterocycles. The highest BCUT2D eigenvalue weighted by molar-refractivity contribution is 7.91. The Morgan fingerprint density at radius 2 is 2.00 bits per heavy atom. The number of guanidine groups is 1. The molecule has 8 nitrogen and oxygen atoms in total. The molecule has 24 heavy (non-hydrogen) atoms. The lowest BCUT2D eigenvalue weighted by atomic mass is 10.4. The first-order valence-electron chi connectivity index (χ1n) is 7.66. The van der Waals surface area contributed by atoms with E-state index in [2.05, 4.69) is 25.7 Å². The largest absolute Gasteiger partial charge is 0.357 e. The summed E-state index contributed by atoms with van der Waals surface area (Å²) in [5.74, 6) is 1.26. The first-order valence-corrected chi connectivity index (χ1v) is 9.31. The molecule has 0 saturated heterocycles. The Kier molecular flexibility index (Phi) is 6.30. The Morgan fingerprint density at radius 3 is 2.62 bits per heavy atom. The summed E-state index contributed by atoms with van der Waals surface area (Å²) < 4.78 is 26.1. The molecule has 2 N–H and O–H groups in total. The van der Waals surface area contributed by atoms with Crippen LogP contribution in [0, 0.1) is 0 Å². The molecule has 0 unspecified atom stereocenters. The molecule has 0 fully saturated rings. The normalized spacial score (nSPS) is 12.2. The fraction of sp³-hybridized carbons (Fsp3) is 0.400. The van der Waals surface area contributed by atoms with Gasteiger partial charge in [-0.3, -0.25) is 4.68 Å². The van der Waals surface area contributed by atoms with Gasteiger partial charge in [0.2, 0.25) is 0 Å². The van der Waals surface area contributed by atoms with Crippen molar-refractivity contribution in [2.45, 2.75) is 18.4 Å². The Hall–Kier alpha value is -2.42. The summed E-state index contributed by atoms with van der Waals surface area (Å²) >= 11 is 0. The number of hydrogen-bond donors (Lipinski definition) is 2. The molecule has 130 valence electrons. The summed E-state index contributed by atoms with van der Waals surface area (Å²) in [6, 6.07) is 8.42. The van der Waals surface area contributed by atoms with Gasteiger partial charge in [0.05, 0.1) is 10.6 Å². The standard InChI is InChI=1S/C15H22N6O2S/c1-3-16-15(18-11-14-19-12-20-21(14)2)17-9-10-24(22,23)13-7-5-4-6-8-13/h4-8,12H,3,9-11H2,1-2H3,(H2,16,17,18). The van der Waals surface area contributed by atoms with Crippen molar-refractivity contribution in [3.8, 4) is 0 Å². The van der Waals surface area contributed by atoms with Crippen LogP contribution in [0.25, 0.3) is 0 Å². The zero-order chi connectivity index (χ0) is 17.4. The van der Waals surface area contributed by atoms with Gasteiger partial charge < -0.3 is 10.6 Å². The molecule has 2 aromatic rings. The van der Waals surface area contributed by atoms with Crippen LogP contribution in [0.5, 0.6) is 0 Å². The molecule has 0 bridgehead atoms. The topological polar surface area (TPSA) is 101 Å². The number of nitrogens with one attached hydrogen (secondary N) is 2. The van der Waals surface area contributed by atoms with E-state index in [9.17, 15) is 8.42 Å². The van der Waals surface area contributed by atoms with Crippen molar-refractivity contribution in [2.75, 3.05) is 18.8 Å². The molecular formula is C15H22N6O2S. The van der Waals surface area contributed by atoms with Crippen molar-refractivity contribution >= 4 is 15.8 Å². The Balaban J connectivity index is 1.93. The highest BCUT2D eigenvalue weighted by Gasteiger charge is 2.13. The van der Waals surface area contributed by atoms with Crippen molar-refractivity contribution in [3.05, 3.63) is 42.5 Å². The second-order valence-electron chi connectivity index (χ2n) is 5.05. The zero-order valence-corrected chi connectivity index (χ0v) is 14.6. The molecule has 0 aliphatic carbocycles. The van der Waals surface area contributed by atoms with Gasteiger partial charge in [-0.1, -0.05) is 18.2 Å². The van der Waals surface area contributed by atoms with E-state index in [0.29, 0.717) is 23.9 Å². The van der Waals surface area contributed by atoms with Crippen LogP contribution >= 0.6 is 0 Å². The summed E-state index contributed by atoms with van der Waals surface area (Å²) in [5.41, 5.74) is 0. The van der Waals surface area contributed by atoms with Crippen molar-refractivity contribution < 1.29 is 8.42 Å². The van der Waals surface area contributed by atoms with E-state index in [4.69, 9.17) is 0 Å². The molecule has 1 heterocycles. The van der Waals surface area contributed by atoms with Gasteiger partial charge in [0.15, 0.2) is 15.8 Å². The molecule has 1 aromatic heterocycles. The molecule has 0 amide bonds. The SMILES string of the molecule is CCNC(=NCc1ncnn1C)NCCS(=O)(=O)c1ccccc1. The monoisotopic (exact) mass is 350 g/mol. The smallest absolute Gasteiger partial charge is 0.191 e. The molecule has 0 saturated carbocycles. The average Bonchev–Trinajstić information content (AvgIpc) is 2.98. The fourth-order valence-electron chi connectivity index (χ4n) is 2.00. The van der Waals surface area contributed by atoms with Crippen molar-refractivity contribution in [3.63, 3.8) is 0 Å². The van der Waals surface area contributed by atoms with Gasteiger partial charge in [0.1, 0.15) is 18.7 Å². The molecule has 0 aliphatic rings. The number of aromatic nitrogens is 3. The summed E-state index contributed by atoms with van der Waals surface area (Å²) in [5, 5.41) is 10.1. The van der Waals surface area contributed by atoms with Crippen molar-refractivity contribution in [1.29, 1.82) is 0 Å². The van der Waals surface area contributed by atoms with Crippen LogP contribution in [0.1, 0.15) is 12.7 Å². The number of sulfone groups is 1. The van der Waals surface area contributed by atoms with Gasteiger partial charge in [-0.05, 0) is 19.1 Å². The number of rotatable bonds is 7. The minimum absolute atomic E-state index is 0.00854. The third kappa shape index (κ3) is 5.05. The van der Waals surface area contributed by atoms with Crippen LogP contribution in [0.15, 0.2) is 46.5 Å². The summed E-state index contributed by atoms with van der Waals surface area (Å²) in [4.78, 5) is 8.81. The maximum Gasteiger partial charge on any atom is 0.191 e. The molecule has 9 heteroatoms. The van der Waals surface area contributed by atoms with Crippen LogP contribution < -0.4 is 10.6 Å². The van der Waals surface area contributed by atoms with Crippen LogP contribution in [0.4, 0.5) is 0 Å². The summed E-state index contributed by atoms with van der Waals surface area (Å²) in [7, 11) is -1.51. The lowest BCUT2D eigenvalue weighted by Gasteiger charge is -2.11. The van der Waals surface area contributed by atoms with Gasteiger partial charge in [-0.15, -0.1) is 0 Å². The highest BCUT2D eigenvalue weighted by atomic mass is 32.2. The van der Waals surface area contributed by atoms with E-state index < -0.39 is 9.84 Å². The first kappa shape index (κ1) is 17.9. The van der Waals surface area contributed by atoms with E-state index in [1.807, 2.05) is 6.92 Å². The van der Waals surface area contributed by atoms with Gasteiger partial charge in [-0.25, -0.2) is 18.4 Å². The van der Waals surface area contributed by atoms with Crippen LogP contribution in [0.3, 0.4) is 0 Å². The van der Waals surface area contributed by atoms with Crippen LogP contribution in [-0.2, 0) is 23.4 Å². The lowest BCUT2D eigenvalue weighted by molar-refractivity contribution is 0.594. The fourth-order valence-corrected chi connectivity index (χ4v) is 3.18. The molecule has 1 aromatic carbocycles. The van der Waals surface area contributed by atoms with Crippen LogP contribution in [0.2, 0.25) is 0 Å². The molecule has 0 radical (unpaired) electrons. The molecule has 2 rings (SSSR count). The summed E-state index contributed by atoms with van der Waals surface area (Å²) in [6.07, 6.45) is 1.47. The predicted octanol–water partition coefficient (Wildman–Crippen LogP) is 0.344. The highest BCUT2D eigenvalue weighted by Crippen LogP contribution is 2.09. The van der Waals surface area contributed by atoms with E-state index in [1.54, 1.807) is 42.1 Å². The zero-order valence-electron chi connectivity index (χ0n) is 13.8. The van der Waals surface area contributed by atoms with Gasteiger partial charge in [0, 0.05) is 20.1 Å². The van der Waals surface area contributed by atoms with Gasteiger partial charge in [0.25, 0.3) is 0 Å². The number of benzene rings is 1. The predicted molar refractivity (Wildman–Crippen MR) is 92.3 cm³/mol. The number of nitrogens with zero attached hydrogens (tertiary/aromatic N) is 4. The average molecular weight is 350 g/mol. The third-order valence-electron chi connectivity index (χ3n) is 3.29. The van der Waals surface area contributed by atoms with Gasteiger partial charge in [-0.2, -0.15) is 5.10 Å². The van der Waals surface area contributed by atoms with E-state index in [0.717, 1.165) is 5.82 Å². The van der Waals surface area contributed by atoms with Crippen LogP contribution in [-0.4, -0.2) is 48.0 Å². The van der Waals surface area contributed by atoms with Crippen molar-refractivity contribution in [2.24, 2.45) is 12.0 Å². The minimum Gasteiger partial charge on any atom is -0.357 e. The second-order valence-corrected chi connectivity index (χ2v) is 7.16. The first-order chi connectivity index (χ1) is 11.5. The molecule has 0 atom stereocenters. The van der Waals surface area contributed by atoms with E-state index in [-0.39, 0.29) is 12.3 Å². The van der Waals surface area contributed by atoms with Crippen molar-refractivity contribution in [1.82, 2.24) is 25.4 Å². The Bertz CT molecular complexity index is 770. The number of aryl methyl sites for hydroxylation is 1. The Labute approximate surface area is 141 Å². The van der Waals surface area contributed by atoms with E-state index >= 15 is 0 Å². The van der Waals surface area contributed by atoms with E-state index in [1.165, 1.54) is 6.33 Å².